The van der Waals surface area contributed by atoms with Gasteiger partial charge in [-0.25, -0.2) is 0 Å². The average molecular weight is 451 g/mol. The monoisotopic (exact) mass is 451 g/mol. The molecule has 0 spiro atoms. The average Bonchev–Trinajstić information content (AvgIpc) is 2.58. The maximum atomic E-state index is 12.2. The molecular weight excluding hydrogens is 432 g/mol. The lowest BCUT2D eigenvalue weighted by molar-refractivity contribution is -0.130. The van der Waals surface area contributed by atoms with Gasteiger partial charge in [0.15, 0.2) is 0 Å². The standard InChI is InChI=1S/C11H19I2NO2/c1-7(2)10(13)11(15)14-5-8(6-16-3)4-9(14)12/h7-10H,4-6H2,1-3H3/t8?,9-,10?/m0/s1. The third kappa shape index (κ3) is 3.69. The predicted molar refractivity (Wildman–Crippen MR) is 82.2 cm³/mol. The third-order valence-electron chi connectivity index (χ3n) is 2.83. The number of ether oxygens (including phenoxy) is 1. The van der Waals surface area contributed by atoms with Crippen molar-refractivity contribution in [2.24, 2.45) is 11.8 Å². The summed E-state index contributed by atoms with van der Waals surface area (Å²) in [7, 11) is 1.72. The molecule has 1 rings (SSSR count). The van der Waals surface area contributed by atoms with Gasteiger partial charge in [0.05, 0.1) is 14.6 Å². The lowest BCUT2D eigenvalue weighted by Crippen LogP contribution is -2.39. The van der Waals surface area contributed by atoms with Gasteiger partial charge in [-0.2, -0.15) is 0 Å². The quantitative estimate of drug-likeness (QED) is 0.374. The smallest absolute Gasteiger partial charge is 0.236 e. The van der Waals surface area contributed by atoms with Crippen molar-refractivity contribution < 1.29 is 9.53 Å². The Morgan fingerprint density at radius 3 is 2.69 bits per heavy atom. The fourth-order valence-corrected chi connectivity index (χ4v) is 3.48. The van der Waals surface area contributed by atoms with Gasteiger partial charge in [0.1, 0.15) is 0 Å². The van der Waals surface area contributed by atoms with Crippen LogP contribution in [0.2, 0.25) is 0 Å². The highest BCUT2D eigenvalue weighted by Crippen LogP contribution is 2.30. The molecule has 1 aliphatic heterocycles. The van der Waals surface area contributed by atoms with E-state index in [2.05, 4.69) is 59.0 Å². The summed E-state index contributed by atoms with van der Waals surface area (Å²) in [5.41, 5.74) is 0. The molecule has 0 aromatic carbocycles. The number of nitrogens with zero attached hydrogens (tertiary/aromatic N) is 1. The molecule has 1 amide bonds. The highest BCUT2D eigenvalue weighted by molar-refractivity contribution is 14.1. The van der Waals surface area contributed by atoms with E-state index in [1.807, 2.05) is 4.90 Å². The molecule has 3 atom stereocenters. The summed E-state index contributed by atoms with van der Waals surface area (Å²) >= 11 is 4.63. The molecule has 94 valence electrons. The van der Waals surface area contributed by atoms with E-state index in [1.54, 1.807) is 7.11 Å². The first-order chi connectivity index (χ1) is 7.47. The van der Waals surface area contributed by atoms with Crippen molar-refractivity contribution in [3.63, 3.8) is 0 Å². The summed E-state index contributed by atoms with van der Waals surface area (Å²) in [6.45, 7) is 5.81. The topological polar surface area (TPSA) is 29.5 Å². The van der Waals surface area contributed by atoms with Crippen LogP contribution in [0.25, 0.3) is 0 Å². The van der Waals surface area contributed by atoms with Crippen molar-refractivity contribution in [2.75, 3.05) is 20.3 Å². The van der Waals surface area contributed by atoms with Gasteiger partial charge < -0.3 is 9.64 Å². The van der Waals surface area contributed by atoms with E-state index in [-0.39, 0.29) is 9.83 Å². The van der Waals surface area contributed by atoms with Gasteiger partial charge in [0, 0.05) is 19.6 Å². The minimum atomic E-state index is 0.0937. The summed E-state index contributed by atoms with van der Waals surface area (Å²) in [6.07, 6.45) is 1.06. The summed E-state index contributed by atoms with van der Waals surface area (Å²) < 4.78 is 5.60. The predicted octanol–water partition coefficient (Wildman–Crippen LogP) is 2.70. The molecule has 1 heterocycles. The Hall–Kier alpha value is 0.890. The Morgan fingerprint density at radius 2 is 2.19 bits per heavy atom. The number of carbonyl (C=O) groups excluding carboxylic acids is 1. The number of hydrogen-bond acceptors (Lipinski definition) is 2. The van der Waals surface area contributed by atoms with Gasteiger partial charge in [0.2, 0.25) is 5.91 Å². The second-order valence-corrected chi connectivity index (χ2v) is 7.41. The second kappa shape index (κ2) is 6.72. The van der Waals surface area contributed by atoms with E-state index >= 15 is 0 Å². The van der Waals surface area contributed by atoms with E-state index in [9.17, 15) is 4.79 Å². The number of amides is 1. The highest BCUT2D eigenvalue weighted by Gasteiger charge is 2.36. The molecule has 3 nitrogen and oxygen atoms in total. The van der Waals surface area contributed by atoms with Crippen LogP contribution in [0.15, 0.2) is 0 Å². The number of carbonyl (C=O) groups is 1. The van der Waals surface area contributed by atoms with Gasteiger partial charge in [-0.3, -0.25) is 4.79 Å². The molecule has 5 heteroatoms. The fourth-order valence-electron chi connectivity index (χ4n) is 1.90. The third-order valence-corrected chi connectivity index (χ3v) is 5.98. The highest BCUT2D eigenvalue weighted by atomic mass is 127. The SMILES string of the molecule is COCC1C[C@@H](I)N(C(=O)C(I)C(C)C)C1. The van der Waals surface area contributed by atoms with Crippen LogP contribution in [-0.2, 0) is 9.53 Å². The van der Waals surface area contributed by atoms with Crippen LogP contribution in [-0.4, -0.2) is 39.0 Å². The number of rotatable bonds is 4. The molecule has 16 heavy (non-hydrogen) atoms. The van der Waals surface area contributed by atoms with Crippen LogP contribution in [0.3, 0.4) is 0 Å². The number of halogens is 2. The Labute approximate surface area is 125 Å². The van der Waals surface area contributed by atoms with Gasteiger partial charge >= 0.3 is 0 Å². The zero-order chi connectivity index (χ0) is 12.3. The molecular formula is C11H19I2NO2. The van der Waals surface area contributed by atoms with Crippen LogP contribution in [0.1, 0.15) is 20.3 Å². The van der Waals surface area contributed by atoms with Crippen LogP contribution in [0, 0.1) is 11.8 Å². The molecule has 0 saturated carbocycles. The van der Waals surface area contributed by atoms with E-state index < -0.39 is 0 Å². The Kier molecular flexibility index (Phi) is 6.28. The summed E-state index contributed by atoms with van der Waals surface area (Å²) in [5, 5.41) is 0. The van der Waals surface area contributed by atoms with E-state index in [4.69, 9.17) is 4.74 Å². The molecule has 2 unspecified atom stereocenters. The molecule has 0 aliphatic carbocycles. The number of likely N-dealkylation sites (tertiary alicyclic amines) is 1. The largest absolute Gasteiger partial charge is 0.384 e. The minimum absolute atomic E-state index is 0.0937. The van der Waals surface area contributed by atoms with Crippen molar-refractivity contribution in [3.05, 3.63) is 0 Å². The second-order valence-electron chi connectivity index (χ2n) is 4.63. The van der Waals surface area contributed by atoms with Crippen molar-refractivity contribution in [3.8, 4) is 0 Å². The van der Waals surface area contributed by atoms with Crippen molar-refractivity contribution in [2.45, 2.75) is 28.2 Å². The molecule has 0 bridgehead atoms. The summed E-state index contributed by atoms with van der Waals surface area (Å²) in [4.78, 5) is 14.2. The van der Waals surface area contributed by atoms with Gasteiger partial charge in [-0.05, 0) is 12.3 Å². The minimum Gasteiger partial charge on any atom is -0.384 e. The van der Waals surface area contributed by atoms with E-state index in [0.717, 1.165) is 19.6 Å². The molecule has 1 saturated heterocycles. The number of hydrogen-bond donors (Lipinski definition) is 0. The zero-order valence-corrected chi connectivity index (χ0v) is 14.3. The Bertz CT molecular complexity index is 248. The van der Waals surface area contributed by atoms with Gasteiger partial charge in [-0.15, -0.1) is 0 Å². The summed E-state index contributed by atoms with van der Waals surface area (Å²) in [6, 6.07) is 0. The zero-order valence-electron chi connectivity index (χ0n) is 9.95. The van der Waals surface area contributed by atoms with Gasteiger partial charge in [0.25, 0.3) is 0 Å². The van der Waals surface area contributed by atoms with Crippen molar-refractivity contribution >= 4 is 51.1 Å². The maximum absolute atomic E-state index is 12.2. The first-order valence-electron chi connectivity index (χ1n) is 5.55. The lowest BCUT2D eigenvalue weighted by Gasteiger charge is -2.25. The van der Waals surface area contributed by atoms with Crippen LogP contribution in [0.4, 0.5) is 0 Å². The van der Waals surface area contributed by atoms with Crippen molar-refractivity contribution in [1.82, 2.24) is 4.90 Å². The van der Waals surface area contributed by atoms with Gasteiger partial charge in [-0.1, -0.05) is 59.0 Å². The van der Waals surface area contributed by atoms with E-state index in [1.165, 1.54) is 0 Å². The molecule has 0 N–H and O–H groups in total. The Morgan fingerprint density at radius 1 is 1.56 bits per heavy atom. The first kappa shape index (κ1) is 14.9. The molecule has 0 aromatic rings. The molecule has 0 aromatic heterocycles. The van der Waals surface area contributed by atoms with Crippen molar-refractivity contribution in [1.29, 1.82) is 0 Å². The summed E-state index contributed by atoms with van der Waals surface area (Å²) in [5.74, 6) is 1.19. The lowest BCUT2D eigenvalue weighted by atomic mass is 10.1. The molecule has 1 aliphatic rings. The maximum Gasteiger partial charge on any atom is 0.236 e. The molecule has 0 radical (unpaired) electrons. The number of methoxy groups -OCH3 is 1. The molecule has 1 fully saturated rings. The fraction of sp³-hybridized carbons (Fsp3) is 0.909. The number of alkyl halides is 2. The first-order valence-corrected chi connectivity index (χ1v) is 8.04. The Balaban J connectivity index is 2.57. The van der Waals surface area contributed by atoms with Crippen LogP contribution >= 0.6 is 45.2 Å². The normalized spacial score (nSPS) is 27.5. The van der Waals surface area contributed by atoms with E-state index in [0.29, 0.717) is 15.9 Å². The van der Waals surface area contributed by atoms with Crippen LogP contribution < -0.4 is 0 Å². The van der Waals surface area contributed by atoms with Crippen LogP contribution in [0.5, 0.6) is 0 Å².